The van der Waals surface area contributed by atoms with Gasteiger partial charge in [-0.2, -0.15) is 0 Å². The summed E-state index contributed by atoms with van der Waals surface area (Å²) in [7, 11) is 0. The first-order valence-electron chi connectivity index (χ1n) is 5.79. The largest absolute Gasteiger partial charge is 0.387 e. The molecule has 1 aliphatic rings. The molecule has 1 unspecified atom stereocenters. The number of nitrogens with zero attached hydrogens (tertiary/aromatic N) is 1. The zero-order chi connectivity index (χ0) is 13.3. The average molecular weight is 245 g/mol. The fraction of sp³-hybridized carbons (Fsp3) is 0.286. The molecule has 0 saturated heterocycles. The summed E-state index contributed by atoms with van der Waals surface area (Å²) in [6.45, 7) is 3.26. The summed E-state index contributed by atoms with van der Waals surface area (Å²) in [6, 6.07) is 8.99. The van der Waals surface area contributed by atoms with E-state index in [9.17, 15) is 14.7 Å². The van der Waals surface area contributed by atoms with Gasteiger partial charge < -0.3 is 5.11 Å². The number of amides is 2. The Morgan fingerprint density at radius 1 is 1.06 bits per heavy atom. The van der Waals surface area contributed by atoms with Gasteiger partial charge in [0.1, 0.15) is 0 Å². The van der Waals surface area contributed by atoms with Crippen LogP contribution in [0.2, 0.25) is 0 Å². The van der Waals surface area contributed by atoms with E-state index in [1.165, 1.54) is 0 Å². The molecule has 1 heterocycles. The van der Waals surface area contributed by atoms with Gasteiger partial charge in [0.25, 0.3) is 11.8 Å². The van der Waals surface area contributed by atoms with E-state index in [1.54, 1.807) is 38.1 Å². The minimum atomic E-state index is -0.849. The van der Waals surface area contributed by atoms with Crippen molar-refractivity contribution in [2.24, 2.45) is 0 Å². The van der Waals surface area contributed by atoms with Crippen LogP contribution in [0.15, 0.2) is 41.5 Å². The van der Waals surface area contributed by atoms with Crippen molar-refractivity contribution in [1.82, 2.24) is 4.90 Å². The predicted octanol–water partition coefficient (Wildman–Crippen LogP) is 1.43. The lowest BCUT2D eigenvalue weighted by atomic mass is 10.1. The van der Waals surface area contributed by atoms with Crippen LogP contribution in [0, 0.1) is 0 Å². The SMILES string of the molecule is CC1=C(C)C(=O)N(CC(O)c2ccccc2)C1=O. The molecule has 0 aromatic heterocycles. The first kappa shape index (κ1) is 12.5. The topological polar surface area (TPSA) is 57.6 Å². The van der Waals surface area contributed by atoms with Crippen LogP contribution in [0.5, 0.6) is 0 Å². The van der Waals surface area contributed by atoms with E-state index in [-0.39, 0.29) is 18.4 Å². The maximum atomic E-state index is 11.8. The highest BCUT2D eigenvalue weighted by Crippen LogP contribution is 2.23. The van der Waals surface area contributed by atoms with Crippen molar-refractivity contribution in [3.8, 4) is 0 Å². The van der Waals surface area contributed by atoms with E-state index in [1.807, 2.05) is 6.07 Å². The number of carbonyl (C=O) groups excluding carboxylic acids is 2. The van der Waals surface area contributed by atoms with Crippen molar-refractivity contribution in [1.29, 1.82) is 0 Å². The summed E-state index contributed by atoms with van der Waals surface area (Å²) in [5.41, 5.74) is 1.61. The summed E-state index contributed by atoms with van der Waals surface area (Å²) in [4.78, 5) is 24.8. The van der Waals surface area contributed by atoms with Gasteiger partial charge in [-0.1, -0.05) is 30.3 Å². The standard InChI is InChI=1S/C14H15NO3/c1-9-10(2)14(18)15(13(9)17)8-12(16)11-6-4-3-5-7-11/h3-7,12,16H,8H2,1-2H3. The van der Waals surface area contributed by atoms with Crippen LogP contribution in [-0.4, -0.2) is 28.4 Å². The number of hydrogen-bond donors (Lipinski definition) is 1. The average Bonchev–Trinajstić information content (AvgIpc) is 2.57. The van der Waals surface area contributed by atoms with Crippen molar-refractivity contribution in [2.75, 3.05) is 6.54 Å². The van der Waals surface area contributed by atoms with Gasteiger partial charge in [0.2, 0.25) is 0 Å². The molecular formula is C14H15NO3. The summed E-state index contributed by atoms with van der Waals surface area (Å²) >= 11 is 0. The van der Waals surface area contributed by atoms with Gasteiger partial charge in [-0.15, -0.1) is 0 Å². The first-order valence-corrected chi connectivity index (χ1v) is 5.79. The van der Waals surface area contributed by atoms with Crippen molar-refractivity contribution in [2.45, 2.75) is 20.0 Å². The van der Waals surface area contributed by atoms with Crippen LogP contribution >= 0.6 is 0 Å². The van der Waals surface area contributed by atoms with E-state index < -0.39 is 6.10 Å². The van der Waals surface area contributed by atoms with Gasteiger partial charge in [-0.25, -0.2) is 0 Å². The number of β-amino-alcohol motifs (C(OH)–C–C–N with tert-alkyl or cyclic N) is 1. The molecule has 1 atom stereocenters. The number of aliphatic hydroxyl groups is 1. The van der Waals surface area contributed by atoms with E-state index in [4.69, 9.17) is 0 Å². The highest BCUT2D eigenvalue weighted by molar-refractivity contribution is 6.18. The lowest BCUT2D eigenvalue weighted by Crippen LogP contribution is -2.35. The Morgan fingerprint density at radius 2 is 1.56 bits per heavy atom. The second-order valence-corrected chi connectivity index (χ2v) is 4.40. The number of benzene rings is 1. The molecule has 1 aliphatic heterocycles. The number of aliphatic hydroxyl groups excluding tert-OH is 1. The molecule has 1 N–H and O–H groups in total. The van der Waals surface area contributed by atoms with Crippen LogP contribution in [0.3, 0.4) is 0 Å². The van der Waals surface area contributed by atoms with Gasteiger partial charge in [0.05, 0.1) is 12.6 Å². The Balaban J connectivity index is 2.13. The Bertz CT molecular complexity index is 495. The molecule has 4 heteroatoms. The second-order valence-electron chi connectivity index (χ2n) is 4.40. The molecule has 94 valence electrons. The summed E-state index contributed by atoms with van der Waals surface area (Å²) < 4.78 is 0. The first-order chi connectivity index (χ1) is 8.52. The Kier molecular flexibility index (Phi) is 3.30. The molecular weight excluding hydrogens is 230 g/mol. The molecule has 2 rings (SSSR count). The molecule has 4 nitrogen and oxygen atoms in total. The Hall–Kier alpha value is -1.94. The molecule has 0 radical (unpaired) electrons. The third-order valence-electron chi connectivity index (χ3n) is 3.23. The minimum absolute atomic E-state index is 0.00361. The van der Waals surface area contributed by atoms with Crippen molar-refractivity contribution >= 4 is 11.8 Å². The smallest absolute Gasteiger partial charge is 0.256 e. The van der Waals surface area contributed by atoms with E-state index in [0.29, 0.717) is 16.7 Å². The summed E-state index contributed by atoms with van der Waals surface area (Å²) in [5, 5.41) is 10.0. The minimum Gasteiger partial charge on any atom is -0.387 e. The van der Waals surface area contributed by atoms with Gasteiger partial charge in [-0.05, 0) is 19.4 Å². The normalized spacial score (nSPS) is 17.6. The third-order valence-corrected chi connectivity index (χ3v) is 3.23. The molecule has 0 spiro atoms. The number of hydrogen-bond acceptors (Lipinski definition) is 3. The summed E-state index contributed by atoms with van der Waals surface area (Å²) in [5.74, 6) is -0.625. The highest BCUT2D eigenvalue weighted by atomic mass is 16.3. The van der Waals surface area contributed by atoms with E-state index in [2.05, 4.69) is 0 Å². The van der Waals surface area contributed by atoms with Crippen molar-refractivity contribution < 1.29 is 14.7 Å². The number of carbonyl (C=O) groups is 2. The predicted molar refractivity (Wildman–Crippen MR) is 66.5 cm³/mol. The molecule has 1 aromatic rings. The quantitative estimate of drug-likeness (QED) is 0.819. The third kappa shape index (κ3) is 2.07. The van der Waals surface area contributed by atoms with Crippen LogP contribution in [0.25, 0.3) is 0 Å². The lowest BCUT2D eigenvalue weighted by molar-refractivity contribution is -0.139. The second kappa shape index (κ2) is 4.74. The molecule has 0 fully saturated rings. The fourth-order valence-corrected chi connectivity index (χ4v) is 1.94. The number of rotatable bonds is 3. The Morgan fingerprint density at radius 3 is 2.06 bits per heavy atom. The molecule has 0 aliphatic carbocycles. The van der Waals surface area contributed by atoms with Crippen molar-refractivity contribution in [3.63, 3.8) is 0 Å². The molecule has 1 aromatic carbocycles. The van der Waals surface area contributed by atoms with E-state index in [0.717, 1.165) is 4.90 Å². The van der Waals surface area contributed by atoms with Gasteiger partial charge in [0.15, 0.2) is 0 Å². The van der Waals surface area contributed by atoms with Crippen molar-refractivity contribution in [3.05, 3.63) is 47.0 Å². The zero-order valence-electron chi connectivity index (χ0n) is 10.4. The molecule has 0 bridgehead atoms. The highest BCUT2D eigenvalue weighted by Gasteiger charge is 2.34. The monoisotopic (exact) mass is 245 g/mol. The maximum Gasteiger partial charge on any atom is 0.256 e. The van der Waals surface area contributed by atoms with Crippen LogP contribution < -0.4 is 0 Å². The fourth-order valence-electron chi connectivity index (χ4n) is 1.94. The van der Waals surface area contributed by atoms with Gasteiger partial charge >= 0.3 is 0 Å². The summed E-state index contributed by atoms with van der Waals surface area (Å²) in [6.07, 6.45) is -0.849. The van der Waals surface area contributed by atoms with Crippen LogP contribution in [0.1, 0.15) is 25.5 Å². The zero-order valence-corrected chi connectivity index (χ0v) is 10.4. The van der Waals surface area contributed by atoms with Crippen LogP contribution in [0.4, 0.5) is 0 Å². The van der Waals surface area contributed by atoms with Crippen LogP contribution in [-0.2, 0) is 9.59 Å². The molecule has 2 amide bonds. The maximum absolute atomic E-state index is 11.8. The molecule has 0 saturated carbocycles. The Labute approximate surface area is 106 Å². The lowest BCUT2D eigenvalue weighted by Gasteiger charge is -2.19. The van der Waals surface area contributed by atoms with Gasteiger partial charge in [0, 0.05) is 11.1 Å². The number of imide groups is 1. The molecule has 18 heavy (non-hydrogen) atoms. The van der Waals surface area contributed by atoms with E-state index >= 15 is 0 Å². The van der Waals surface area contributed by atoms with Gasteiger partial charge in [-0.3, -0.25) is 14.5 Å².